The lowest BCUT2D eigenvalue weighted by atomic mass is 10.3. The van der Waals surface area contributed by atoms with E-state index in [1.165, 1.54) is 0 Å². The molecule has 2 N–H and O–H groups in total. The molecule has 2 aromatic carbocycles. The molecule has 2 nitrogen and oxygen atoms in total. The Kier molecular flexibility index (Phi) is 25.8. The third-order valence-electron chi connectivity index (χ3n) is 1.51. The van der Waals surface area contributed by atoms with Crippen LogP contribution in [0.15, 0.2) is 60.7 Å². The molecule has 114 valence electrons. The van der Waals surface area contributed by atoms with Crippen molar-refractivity contribution >= 4 is 0 Å². The van der Waals surface area contributed by atoms with Crippen LogP contribution in [-0.2, 0) is 0 Å². The molecular weight excluding hydrogens is 248 g/mol. The van der Waals surface area contributed by atoms with Crippen molar-refractivity contribution in [1.29, 1.82) is 0 Å². The first-order valence-electron chi connectivity index (χ1n) is 7.27. The fourth-order valence-electron chi connectivity index (χ4n) is 0.856. The zero-order chi connectivity index (χ0) is 16.2. The molecule has 0 aliphatic heterocycles. The van der Waals surface area contributed by atoms with E-state index in [0.717, 1.165) is 0 Å². The Morgan fingerprint density at radius 1 is 0.450 bits per heavy atom. The summed E-state index contributed by atoms with van der Waals surface area (Å²) in [6.45, 7) is 12.0. The molecule has 0 unspecified atom stereocenters. The van der Waals surface area contributed by atoms with Crippen molar-refractivity contribution in [3.63, 3.8) is 0 Å². The normalized spacial score (nSPS) is 6.90. The van der Waals surface area contributed by atoms with Crippen LogP contribution in [0.2, 0.25) is 0 Å². The molecule has 0 aliphatic rings. The zero-order valence-electron chi connectivity index (χ0n) is 13.7. The number of aromatic hydroxyl groups is 2. The zero-order valence-corrected chi connectivity index (χ0v) is 13.7. The van der Waals surface area contributed by atoms with Crippen molar-refractivity contribution in [2.24, 2.45) is 0 Å². The van der Waals surface area contributed by atoms with Crippen LogP contribution in [0, 0.1) is 0 Å². The van der Waals surface area contributed by atoms with E-state index in [-0.39, 0.29) is 0 Å². The third-order valence-corrected chi connectivity index (χ3v) is 1.51. The molecule has 2 rings (SSSR count). The number of para-hydroxylation sites is 2. The SMILES string of the molecule is CC.CC.CC.Oc1ccccc1.Oc1ccccc1. The molecule has 0 aromatic heterocycles. The Balaban J connectivity index is -0.000000211. The minimum Gasteiger partial charge on any atom is -0.508 e. The first-order valence-corrected chi connectivity index (χ1v) is 7.27. The molecule has 0 amide bonds. The van der Waals surface area contributed by atoms with E-state index in [4.69, 9.17) is 10.2 Å². The predicted octanol–water partition coefficient (Wildman–Crippen LogP) is 5.86. The molecule has 0 spiro atoms. The van der Waals surface area contributed by atoms with Crippen LogP contribution in [0.4, 0.5) is 0 Å². The molecule has 0 bridgehead atoms. The van der Waals surface area contributed by atoms with Crippen molar-refractivity contribution in [2.45, 2.75) is 41.5 Å². The number of rotatable bonds is 0. The van der Waals surface area contributed by atoms with E-state index < -0.39 is 0 Å². The summed E-state index contributed by atoms with van der Waals surface area (Å²) < 4.78 is 0. The van der Waals surface area contributed by atoms with Crippen molar-refractivity contribution < 1.29 is 10.2 Å². The Morgan fingerprint density at radius 3 is 0.750 bits per heavy atom. The number of phenols is 2. The van der Waals surface area contributed by atoms with Crippen molar-refractivity contribution in [1.82, 2.24) is 0 Å². The Morgan fingerprint density at radius 2 is 0.650 bits per heavy atom. The van der Waals surface area contributed by atoms with Gasteiger partial charge in [-0.3, -0.25) is 0 Å². The number of hydrogen-bond donors (Lipinski definition) is 2. The van der Waals surface area contributed by atoms with Crippen molar-refractivity contribution in [3.05, 3.63) is 60.7 Å². The first-order chi connectivity index (χ1) is 9.79. The van der Waals surface area contributed by atoms with Gasteiger partial charge in [-0.25, -0.2) is 0 Å². The molecule has 0 aliphatic carbocycles. The molecule has 2 aromatic rings. The molecule has 0 atom stereocenters. The van der Waals surface area contributed by atoms with Gasteiger partial charge in [0, 0.05) is 0 Å². The van der Waals surface area contributed by atoms with Crippen molar-refractivity contribution in [3.8, 4) is 11.5 Å². The Bertz CT molecular complexity index is 307. The highest BCUT2D eigenvalue weighted by Gasteiger charge is 1.75. The van der Waals surface area contributed by atoms with Gasteiger partial charge in [0.05, 0.1) is 0 Å². The summed E-state index contributed by atoms with van der Waals surface area (Å²) in [7, 11) is 0. The van der Waals surface area contributed by atoms with E-state index in [1.54, 1.807) is 48.5 Å². The monoisotopic (exact) mass is 278 g/mol. The molecular formula is C18H30O2. The van der Waals surface area contributed by atoms with Crippen molar-refractivity contribution in [2.75, 3.05) is 0 Å². The van der Waals surface area contributed by atoms with Crippen LogP contribution in [0.1, 0.15) is 41.5 Å². The quantitative estimate of drug-likeness (QED) is 0.633. The first kappa shape index (κ1) is 23.2. The average Bonchev–Trinajstić information content (AvgIpc) is 2.55. The summed E-state index contributed by atoms with van der Waals surface area (Å²) in [6, 6.07) is 17.4. The summed E-state index contributed by atoms with van der Waals surface area (Å²) >= 11 is 0. The van der Waals surface area contributed by atoms with Crippen LogP contribution in [-0.4, -0.2) is 10.2 Å². The number of phenolic OH excluding ortho intramolecular Hbond substituents is 2. The van der Waals surface area contributed by atoms with Crippen LogP contribution >= 0.6 is 0 Å². The van der Waals surface area contributed by atoms with Gasteiger partial charge in [0.1, 0.15) is 11.5 Å². The topological polar surface area (TPSA) is 40.5 Å². The number of hydrogen-bond acceptors (Lipinski definition) is 2. The Hall–Kier alpha value is -1.96. The standard InChI is InChI=1S/2C6H6O.3C2H6/c2*7-6-4-2-1-3-5-6;3*1-2/h2*1-5,7H;3*1-2H3. The van der Waals surface area contributed by atoms with Gasteiger partial charge in [0.2, 0.25) is 0 Å². The second kappa shape index (κ2) is 22.2. The van der Waals surface area contributed by atoms with Gasteiger partial charge in [0.15, 0.2) is 0 Å². The van der Waals surface area contributed by atoms with E-state index in [9.17, 15) is 0 Å². The maximum Gasteiger partial charge on any atom is 0.115 e. The van der Waals surface area contributed by atoms with E-state index >= 15 is 0 Å². The fraction of sp³-hybridized carbons (Fsp3) is 0.333. The Labute approximate surface area is 124 Å². The fourth-order valence-corrected chi connectivity index (χ4v) is 0.856. The number of benzene rings is 2. The van der Waals surface area contributed by atoms with E-state index in [1.807, 2.05) is 53.7 Å². The maximum atomic E-state index is 8.63. The van der Waals surface area contributed by atoms with Gasteiger partial charge in [-0.2, -0.15) is 0 Å². The summed E-state index contributed by atoms with van der Waals surface area (Å²) in [6.07, 6.45) is 0. The lowest BCUT2D eigenvalue weighted by Crippen LogP contribution is -1.56. The maximum absolute atomic E-state index is 8.63. The lowest BCUT2D eigenvalue weighted by molar-refractivity contribution is 0.475. The summed E-state index contributed by atoms with van der Waals surface area (Å²) in [5, 5.41) is 17.3. The van der Waals surface area contributed by atoms with Crippen LogP contribution in [0.5, 0.6) is 11.5 Å². The van der Waals surface area contributed by atoms with Crippen LogP contribution in [0.3, 0.4) is 0 Å². The summed E-state index contributed by atoms with van der Waals surface area (Å²) in [5.74, 6) is 0.644. The second-order valence-electron chi connectivity index (χ2n) is 2.67. The van der Waals surface area contributed by atoms with Gasteiger partial charge >= 0.3 is 0 Å². The minimum atomic E-state index is 0.322. The molecule has 0 fully saturated rings. The highest BCUT2D eigenvalue weighted by molar-refractivity contribution is 5.19. The third kappa shape index (κ3) is 18.4. The van der Waals surface area contributed by atoms with Gasteiger partial charge in [0.25, 0.3) is 0 Å². The van der Waals surface area contributed by atoms with E-state index in [2.05, 4.69) is 0 Å². The molecule has 2 heteroatoms. The molecule has 0 saturated heterocycles. The van der Waals surface area contributed by atoms with Gasteiger partial charge in [-0.15, -0.1) is 0 Å². The highest BCUT2D eigenvalue weighted by Crippen LogP contribution is 2.03. The van der Waals surface area contributed by atoms with Gasteiger partial charge in [-0.05, 0) is 24.3 Å². The van der Waals surface area contributed by atoms with Gasteiger partial charge < -0.3 is 10.2 Å². The van der Waals surface area contributed by atoms with E-state index in [0.29, 0.717) is 11.5 Å². The van der Waals surface area contributed by atoms with Gasteiger partial charge in [-0.1, -0.05) is 77.9 Å². The van der Waals surface area contributed by atoms with Crippen LogP contribution < -0.4 is 0 Å². The smallest absolute Gasteiger partial charge is 0.115 e. The lowest BCUT2D eigenvalue weighted by Gasteiger charge is -1.82. The largest absolute Gasteiger partial charge is 0.508 e. The molecule has 0 heterocycles. The molecule has 20 heavy (non-hydrogen) atoms. The summed E-state index contributed by atoms with van der Waals surface area (Å²) in [5.41, 5.74) is 0. The molecule has 0 radical (unpaired) electrons. The second-order valence-corrected chi connectivity index (χ2v) is 2.67. The average molecular weight is 278 g/mol. The predicted molar refractivity (Wildman–Crippen MR) is 90.3 cm³/mol. The minimum absolute atomic E-state index is 0.322. The highest BCUT2D eigenvalue weighted by atomic mass is 16.3. The summed E-state index contributed by atoms with van der Waals surface area (Å²) in [4.78, 5) is 0. The molecule has 0 saturated carbocycles. The van der Waals surface area contributed by atoms with Crippen LogP contribution in [0.25, 0.3) is 0 Å².